The molecule has 1 saturated heterocycles. The highest BCUT2D eigenvalue weighted by atomic mass is 16.5. The Hall–Kier alpha value is -1.59. The molecular weight excluding hydrogens is 278 g/mol. The number of benzene rings is 1. The predicted octanol–water partition coefficient (Wildman–Crippen LogP) is 0.654. The topological polar surface area (TPSA) is 58.8 Å². The van der Waals surface area contributed by atoms with Crippen LogP contribution in [0.15, 0.2) is 18.2 Å². The Bertz CT molecular complexity index is 561. The lowest BCUT2D eigenvalue weighted by Gasteiger charge is -2.27. The van der Waals surface area contributed by atoms with Crippen LogP contribution < -0.4 is 10.5 Å². The van der Waals surface area contributed by atoms with Crippen LogP contribution in [0.2, 0.25) is 0 Å². The van der Waals surface area contributed by atoms with Crippen LogP contribution in [0.4, 0.5) is 0 Å². The fourth-order valence-corrected chi connectivity index (χ4v) is 3.59. The lowest BCUT2D eigenvalue weighted by molar-refractivity contribution is -0.135. The highest BCUT2D eigenvalue weighted by Crippen LogP contribution is 2.23. The van der Waals surface area contributed by atoms with Crippen LogP contribution in [-0.2, 0) is 17.6 Å². The molecular formula is C17H25N3O2. The summed E-state index contributed by atoms with van der Waals surface area (Å²) in [4.78, 5) is 16.9. The second-order valence-electron chi connectivity index (χ2n) is 6.41. The number of hydrogen-bond acceptors (Lipinski definition) is 4. The molecule has 0 radical (unpaired) electrons. The summed E-state index contributed by atoms with van der Waals surface area (Å²) in [6, 6.07) is 6.29. The van der Waals surface area contributed by atoms with Crippen molar-refractivity contribution in [1.29, 1.82) is 0 Å². The van der Waals surface area contributed by atoms with E-state index in [9.17, 15) is 4.79 Å². The Kier molecular flexibility index (Phi) is 4.36. The SMILES string of the molecule is COc1ccc2c(c1)CCN(C(=O)[C@@H]1C[C@H](N)CN1C)CC2. The zero-order chi connectivity index (χ0) is 15.7. The average molecular weight is 303 g/mol. The number of hydrogen-bond donors (Lipinski definition) is 1. The molecule has 0 aliphatic carbocycles. The summed E-state index contributed by atoms with van der Waals surface area (Å²) >= 11 is 0. The van der Waals surface area contributed by atoms with Gasteiger partial charge in [-0.2, -0.15) is 0 Å². The normalized spacial score (nSPS) is 25.7. The molecule has 5 nitrogen and oxygen atoms in total. The maximum atomic E-state index is 12.8. The van der Waals surface area contributed by atoms with Crippen molar-refractivity contribution in [3.8, 4) is 5.75 Å². The molecule has 22 heavy (non-hydrogen) atoms. The van der Waals surface area contributed by atoms with Crippen LogP contribution in [0, 0.1) is 0 Å². The number of ether oxygens (including phenoxy) is 1. The molecule has 1 fully saturated rings. The molecule has 2 heterocycles. The first-order valence-corrected chi connectivity index (χ1v) is 7.99. The molecule has 2 aliphatic heterocycles. The van der Waals surface area contributed by atoms with Gasteiger partial charge in [-0.15, -0.1) is 0 Å². The molecule has 5 heteroatoms. The monoisotopic (exact) mass is 303 g/mol. The zero-order valence-electron chi connectivity index (χ0n) is 13.4. The van der Waals surface area contributed by atoms with Crippen LogP contribution in [0.5, 0.6) is 5.75 Å². The van der Waals surface area contributed by atoms with Crippen molar-refractivity contribution in [2.24, 2.45) is 5.73 Å². The fourth-order valence-electron chi connectivity index (χ4n) is 3.59. The van der Waals surface area contributed by atoms with Crippen LogP contribution >= 0.6 is 0 Å². The van der Waals surface area contributed by atoms with Crippen LogP contribution in [0.1, 0.15) is 17.5 Å². The predicted molar refractivity (Wildman–Crippen MR) is 86.0 cm³/mol. The number of fused-ring (bicyclic) bond motifs is 1. The number of carbonyl (C=O) groups excluding carboxylic acids is 1. The largest absolute Gasteiger partial charge is 0.497 e. The van der Waals surface area contributed by atoms with Crippen molar-refractivity contribution in [1.82, 2.24) is 9.80 Å². The smallest absolute Gasteiger partial charge is 0.240 e. The lowest BCUT2D eigenvalue weighted by atomic mass is 10.0. The van der Waals surface area contributed by atoms with E-state index in [1.165, 1.54) is 11.1 Å². The molecule has 2 N–H and O–H groups in total. The number of amides is 1. The second-order valence-corrected chi connectivity index (χ2v) is 6.41. The number of nitrogens with zero attached hydrogens (tertiary/aromatic N) is 2. The maximum Gasteiger partial charge on any atom is 0.240 e. The molecule has 0 aromatic heterocycles. The average Bonchev–Trinajstić information content (AvgIpc) is 2.73. The van der Waals surface area contributed by atoms with Crippen molar-refractivity contribution in [3.63, 3.8) is 0 Å². The van der Waals surface area contributed by atoms with E-state index in [4.69, 9.17) is 10.5 Å². The first-order valence-electron chi connectivity index (χ1n) is 7.99. The van der Waals surface area contributed by atoms with Gasteiger partial charge in [-0.25, -0.2) is 0 Å². The van der Waals surface area contributed by atoms with Crippen molar-refractivity contribution < 1.29 is 9.53 Å². The van der Waals surface area contributed by atoms with Gasteiger partial charge in [0.25, 0.3) is 0 Å². The molecule has 0 spiro atoms. The maximum absolute atomic E-state index is 12.8. The Morgan fingerprint density at radius 3 is 2.64 bits per heavy atom. The molecule has 120 valence electrons. The minimum atomic E-state index is -0.0502. The summed E-state index contributed by atoms with van der Waals surface area (Å²) in [6.07, 6.45) is 2.57. The van der Waals surface area contributed by atoms with Gasteiger partial charge in [-0.1, -0.05) is 6.07 Å². The summed E-state index contributed by atoms with van der Waals surface area (Å²) < 4.78 is 5.30. The second kappa shape index (κ2) is 6.26. The minimum Gasteiger partial charge on any atom is -0.497 e. The van der Waals surface area contributed by atoms with Crippen molar-refractivity contribution in [2.45, 2.75) is 31.3 Å². The van der Waals surface area contributed by atoms with E-state index < -0.39 is 0 Å². The van der Waals surface area contributed by atoms with Gasteiger partial charge in [0.15, 0.2) is 0 Å². The fraction of sp³-hybridized carbons (Fsp3) is 0.588. The first kappa shape index (κ1) is 15.3. The number of carbonyl (C=O) groups is 1. The van der Waals surface area contributed by atoms with E-state index in [1.54, 1.807) is 7.11 Å². The van der Waals surface area contributed by atoms with E-state index in [0.29, 0.717) is 0 Å². The standard InChI is InChI=1S/C17H25N3O2/c1-19-11-14(18)10-16(19)17(21)20-7-5-12-3-4-15(22-2)9-13(12)6-8-20/h3-4,9,14,16H,5-8,10-11,18H2,1-2H3/t14-,16-/m0/s1. The highest BCUT2D eigenvalue weighted by molar-refractivity contribution is 5.82. The summed E-state index contributed by atoms with van der Waals surface area (Å²) in [6.45, 7) is 2.37. The number of methoxy groups -OCH3 is 1. The Balaban J connectivity index is 1.70. The molecule has 0 bridgehead atoms. The third kappa shape index (κ3) is 2.96. The van der Waals surface area contributed by atoms with Crippen molar-refractivity contribution >= 4 is 5.91 Å². The minimum absolute atomic E-state index is 0.0502. The van der Waals surface area contributed by atoms with Crippen molar-refractivity contribution in [3.05, 3.63) is 29.3 Å². The Morgan fingerprint density at radius 1 is 1.27 bits per heavy atom. The molecule has 3 rings (SSSR count). The van der Waals surface area contributed by atoms with E-state index >= 15 is 0 Å². The van der Waals surface area contributed by atoms with E-state index in [0.717, 1.165) is 44.6 Å². The zero-order valence-corrected chi connectivity index (χ0v) is 13.4. The summed E-state index contributed by atoms with van der Waals surface area (Å²) in [5.74, 6) is 1.12. The van der Waals surface area contributed by atoms with Gasteiger partial charge >= 0.3 is 0 Å². The quantitative estimate of drug-likeness (QED) is 0.872. The summed E-state index contributed by atoms with van der Waals surface area (Å²) in [5, 5.41) is 0. The third-order valence-electron chi connectivity index (χ3n) is 4.89. The van der Waals surface area contributed by atoms with Gasteiger partial charge in [0.1, 0.15) is 5.75 Å². The summed E-state index contributed by atoms with van der Waals surface area (Å²) in [5.41, 5.74) is 8.61. The molecule has 2 atom stereocenters. The van der Waals surface area contributed by atoms with Gasteiger partial charge in [0.05, 0.1) is 13.2 Å². The van der Waals surface area contributed by atoms with Gasteiger partial charge in [0, 0.05) is 25.7 Å². The molecule has 1 amide bonds. The molecule has 1 aromatic rings. The van der Waals surface area contributed by atoms with E-state index in [2.05, 4.69) is 17.0 Å². The van der Waals surface area contributed by atoms with Crippen molar-refractivity contribution in [2.75, 3.05) is 33.8 Å². The number of likely N-dealkylation sites (N-methyl/N-ethyl adjacent to an activating group) is 1. The van der Waals surface area contributed by atoms with Crippen LogP contribution in [0.3, 0.4) is 0 Å². The third-order valence-corrected chi connectivity index (χ3v) is 4.89. The molecule has 1 aromatic carbocycles. The Morgan fingerprint density at radius 2 is 2.00 bits per heavy atom. The van der Waals surface area contributed by atoms with Gasteiger partial charge in [-0.05, 0) is 49.6 Å². The number of likely N-dealkylation sites (tertiary alicyclic amines) is 1. The number of nitrogens with two attached hydrogens (primary N) is 1. The molecule has 0 saturated carbocycles. The van der Waals surface area contributed by atoms with Gasteiger partial charge < -0.3 is 15.4 Å². The molecule has 2 aliphatic rings. The van der Waals surface area contributed by atoms with E-state index in [-0.39, 0.29) is 18.0 Å². The highest BCUT2D eigenvalue weighted by Gasteiger charge is 2.35. The Labute approximate surface area is 132 Å². The van der Waals surface area contributed by atoms with Crippen LogP contribution in [-0.4, -0.2) is 61.6 Å². The van der Waals surface area contributed by atoms with E-state index in [1.807, 2.05) is 18.0 Å². The van der Waals surface area contributed by atoms with Crippen LogP contribution in [0.25, 0.3) is 0 Å². The van der Waals surface area contributed by atoms with Gasteiger partial charge in [-0.3, -0.25) is 9.69 Å². The first-order chi connectivity index (χ1) is 10.6. The summed E-state index contributed by atoms with van der Waals surface area (Å²) in [7, 11) is 3.68. The number of rotatable bonds is 2. The van der Waals surface area contributed by atoms with Gasteiger partial charge in [0.2, 0.25) is 5.91 Å². The lowest BCUT2D eigenvalue weighted by Crippen LogP contribution is -2.45. The molecule has 0 unspecified atom stereocenters.